The van der Waals surface area contributed by atoms with Gasteiger partial charge in [-0.3, -0.25) is 0 Å². The molecule has 0 aliphatic carbocycles. The van der Waals surface area contributed by atoms with Crippen LogP contribution in [0, 0.1) is 6.92 Å². The molecule has 3 nitrogen and oxygen atoms in total. The van der Waals surface area contributed by atoms with Crippen LogP contribution in [0.5, 0.6) is 0 Å². The van der Waals surface area contributed by atoms with E-state index in [2.05, 4.69) is 24.0 Å². The first-order chi connectivity index (χ1) is 6.18. The molecule has 68 valence electrons. The number of nitrogens with two attached hydrogens (primary N) is 1. The van der Waals surface area contributed by atoms with Gasteiger partial charge in [0.1, 0.15) is 5.82 Å². The van der Waals surface area contributed by atoms with Gasteiger partial charge in [-0.2, -0.15) is 0 Å². The van der Waals surface area contributed by atoms with Crippen LogP contribution in [0.2, 0.25) is 0 Å². The number of aryl methyl sites for hydroxylation is 1. The van der Waals surface area contributed by atoms with Crippen molar-refractivity contribution >= 4 is 5.52 Å². The zero-order valence-corrected chi connectivity index (χ0v) is 7.86. The Morgan fingerprint density at radius 2 is 2.31 bits per heavy atom. The van der Waals surface area contributed by atoms with Gasteiger partial charge < -0.3 is 10.1 Å². The number of fused-ring (bicyclic) bond motifs is 1. The van der Waals surface area contributed by atoms with E-state index in [0.29, 0.717) is 0 Å². The summed E-state index contributed by atoms with van der Waals surface area (Å²) in [5.41, 5.74) is 8.12. The Labute approximate surface area is 77.2 Å². The predicted molar refractivity (Wildman–Crippen MR) is 52.5 cm³/mol. The lowest BCUT2D eigenvalue weighted by molar-refractivity contribution is 0.735. The molecule has 2 aromatic rings. The van der Waals surface area contributed by atoms with E-state index in [1.807, 2.05) is 23.7 Å². The topological polar surface area (TPSA) is 43.3 Å². The van der Waals surface area contributed by atoms with Gasteiger partial charge in [0.05, 0.1) is 17.8 Å². The van der Waals surface area contributed by atoms with Crippen molar-refractivity contribution in [2.75, 3.05) is 0 Å². The summed E-state index contributed by atoms with van der Waals surface area (Å²) in [5, 5.41) is 0. The molecule has 13 heavy (non-hydrogen) atoms. The van der Waals surface area contributed by atoms with Crippen LogP contribution in [-0.4, -0.2) is 9.38 Å². The van der Waals surface area contributed by atoms with E-state index in [1.54, 1.807) is 0 Å². The summed E-state index contributed by atoms with van der Waals surface area (Å²) in [6.07, 6.45) is 3.86. The maximum absolute atomic E-state index is 5.78. The number of pyridine rings is 1. The lowest BCUT2D eigenvalue weighted by Gasteiger charge is -2.04. The third-order valence-corrected chi connectivity index (χ3v) is 2.12. The summed E-state index contributed by atoms with van der Waals surface area (Å²) in [6.45, 7) is 4.01. The minimum Gasteiger partial charge on any atom is -0.322 e. The van der Waals surface area contributed by atoms with E-state index < -0.39 is 0 Å². The van der Waals surface area contributed by atoms with Crippen molar-refractivity contribution in [1.29, 1.82) is 0 Å². The first kappa shape index (κ1) is 8.26. The average molecular weight is 175 g/mol. The van der Waals surface area contributed by atoms with Gasteiger partial charge in [-0.05, 0) is 31.5 Å². The minimum absolute atomic E-state index is 0.0230. The lowest BCUT2D eigenvalue weighted by Crippen LogP contribution is -2.09. The molecule has 0 radical (unpaired) electrons. The Balaban J connectivity index is 2.69. The minimum atomic E-state index is -0.0230. The number of hydrogen-bond acceptors (Lipinski definition) is 2. The van der Waals surface area contributed by atoms with E-state index in [4.69, 9.17) is 5.73 Å². The van der Waals surface area contributed by atoms with E-state index in [1.165, 1.54) is 5.56 Å². The van der Waals surface area contributed by atoms with Gasteiger partial charge in [-0.1, -0.05) is 0 Å². The van der Waals surface area contributed by atoms with E-state index in [-0.39, 0.29) is 6.04 Å². The largest absolute Gasteiger partial charge is 0.322 e. The molecule has 1 unspecified atom stereocenters. The summed E-state index contributed by atoms with van der Waals surface area (Å²) < 4.78 is 2.03. The van der Waals surface area contributed by atoms with E-state index in [9.17, 15) is 0 Å². The zero-order valence-electron chi connectivity index (χ0n) is 7.86. The SMILES string of the molecule is Cc1ccn2c(C(C)N)ncc2c1. The zero-order chi connectivity index (χ0) is 9.42. The van der Waals surface area contributed by atoms with Crippen molar-refractivity contribution in [3.8, 4) is 0 Å². The molecule has 2 N–H and O–H groups in total. The van der Waals surface area contributed by atoms with E-state index >= 15 is 0 Å². The maximum Gasteiger partial charge on any atom is 0.129 e. The third-order valence-electron chi connectivity index (χ3n) is 2.12. The summed E-state index contributed by atoms with van der Waals surface area (Å²) in [7, 11) is 0. The van der Waals surface area contributed by atoms with Gasteiger partial charge >= 0.3 is 0 Å². The Bertz CT molecular complexity index is 429. The normalized spacial score (nSPS) is 13.5. The molecule has 2 rings (SSSR count). The molecule has 0 aliphatic heterocycles. The van der Waals surface area contributed by atoms with Crippen LogP contribution in [0.25, 0.3) is 5.52 Å². The van der Waals surface area contributed by atoms with Gasteiger partial charge in [0.2, 0.25) is 0 Å². The first-order valence-electron chi connectivity index (χ1n) is 4.37. The van der Waals surface area contributed by atoms with Crippen molar-refractivity contribution in [3.63, 3.8) is 0 Å². The smallest absolute Gasteiger partial charge is 0.129 e. The van der Waals surface area contributed by atoms with Crippen LogP contribution in [-0.2, 0) is 0 Å². The van der Waals surface area contributed by atoms with Crippen molar-refractivity contribution in [1.82, 2.24) is 9.38 Å². The number of imidazole rings is 1. The van der Waals surface area contributed by atoms with Gasteiger partial charge in [0, 0.05) is 6.20 Å². The molecule has 3 heteroatoms. The highest BCUT2D eigenvalue weighted by Crippen LogP contribution is 2.13. The molecular formula is C10H13N3. The molecule has 0 aromatic carbocycles. The van der Waals surface area contributed by atoms with Crippen LogP contribution >= 0.6 is 0 Å². The molecule has 0 bridgehead atoms. The molecule has 2 heterocycles. The van der Waals surface area contributed by atoms with Crippen molar-refractivity contribution in [2.24, 2.45) is 5.73 Å². The van der Waals surface area contributed by atoms with E-state index in [0.717, 1.165) is 11.3 Å². The second kappa shape index (κ2) is 2.85. The highest BCUT2D eigenvalue weighted by molar-refractivity contribution is 5.48. The molecule has 0 amide bonds. The molecule has 2 aromatic heterocycles. The summed E-state index contributed by atoms with van der Waals surface area (Å²) >= 11 is 0. The predicted octanol–water partition coefficient (Wildman–Crippen LogP) is 1.66. The Hall–Kier alpha value is -1.35. The first-order valence-corrected chi connectivity index (χ1v) is 4.37. The van der Waals surface area contributed by atoms with Crippen molar-refractivity contribution < 1.29 is 0 Å². The van der Waals surface area contributed by atoms with Crippen molar-refractivity contribution in [2.45, 2.75) is 19.9 Å². The van der Waals surface area contributed by atoms with Gasteiger partial charge in [0.15, 0.2) is 0 Å². The number of aromatic nitrogens is 2. The molecule has 0 fully saturated rings. The highest BCUT2D eigenvalue weighted by atomic mass is 15.0. The molecule has 0 aliphatic rings. The number of hydrogen-bond donors (Lipinski definition) is 1. The standard InChI is InChI=1S/C10H13N3/c1-7-3-4-13-9(5-7)6-12-10(13)8(2)11/h3-6,8H,11H2,1-2H3. The number of nitrogens with zero attached hydrogens (tertiary/aromatic N) is 2. The van der Waals surface area contributed by atoms with Gasteiger partial charge in [0.25, 0.3) is 0 Å². The highest BCUT2D eigenvalue weighted by Gasteiger charge is 2.06. The molecule has 0 spiro atoms. The second-order valence-electron chi connectivity index (χ2n) is 3.40. The maximum atomic E-state index is 5.78. The number of rotatable bonds is 1. The van der Waals surface area contributed by atoms with Gasteiger partial charge in [-0.25, -0.2) is 4.98 Å². The Morgan fingerprint density at radius 3 is 3.00 bits per heavy atom. The fraction of sp³-hybridized carbons (Fsp3) is 0.300. The third kappa shape index (κ3) is 1.31. The Kier molecular flexibility index (Phi) is 1.81. The lowest BCUT2D eigenvalue weighted by atomic mass is 10.3. The van der Waals surface area contributed by atoms with Crippen LogP contribution in [0.3, 0.4) is 0 Å². The quantitative estimate of drug-likeness (QED) is 0.716. The van der Waals surface area contributed by atoms with Crippen LogP contribution in [0.1, 0.15) is 24.4 Å². The van der Waals surface area contributed by atoms with Crippen LogP contribution in [0.4, 0.5) is 0 Å². The van der Waals surface area contributed by atoms with Gasteiger partial charge in [-0.15, -0.1) is 0 Å². The fourth-order valence-electron chi connectivity index (χ4n) is 1.47. The molecule has 1 atom stereocenters. The summed E-state index contributed by atoms with van der Waals surface area (Å²) in [5.74, 6) is 0.912. The molecule has 0 saturated heterocycles. The molecular weight excluding hydrogens is 162 g/mol. The fourth-order valence-corrected chi connectivity index (χ4v) is 1.47. The average Bonchev–Trinajstić information content (AvgIpc) is 2.46. The van der Waals surface area contributed by atoms with Crippen molar-refractivity contribution in [3.05, 3.63) is 35.9 Å². The second-order valence-corrected chi connectivity index (χ2v) is 3.40. The Morgan fingerprint density at radius 1 is 1.54 bits per heavy atom. The monoisotopic (exact) mass is 175 g/mol. The van der Waals surface area contributed by atoms with Crippen LogP contribution < -0.4 is 5.73 Å². The summed E-state index contributed by atoms with van der Waals surface area (Å²) in [4.78, 5) is 4.27. The molecule has 0 saturated carbocycles. The van der Waals surface area contributed by atoms with Crippen LogP contribution in [0.15, 0.2) is 24.5 Å². The summed E-state index contributed by atoms with van der Waals surface area (Å²) in [6, 6.07) is 4.13.